The van der Waals surface area contributed by atoms with Crippen molar-refractivity contribution in [3.8, 4) is 0 Å². The Bertz CT molecular complexity index is 443. The molecule has 19 heavy (non-hydrogen) atoms. The van der Waals surface area contributed by atoms with E-state index in [2.05, 4.69) is 15.7 Å². The van der Waals surface area contributed by atoms with E-state index in [-0.39, 0.29) is 11.2 Å². The Hall–Kier alpha value is -1.40. The van der Waals surface area contributed by atoms with Gasteiger partial charge >= 0.3 is 0 Å². The SMILES string of the molecule is CNCCNc1cnn(CCC(C)(C)OC)c(=O)c1. The van der Waals surface area contributed by atoms with Crippen LogP contribution in [0.5, 0.6) is 0 Å². The maximum Gasteiger partial charge on any atom is 0.268 e. The Morgan fingerprint density at radius 1 is 1.42 bits per heavy atom. The first-order valence-corrected chi connectivity index (χ1v) is 6.49. The van der Waals surface area contributed by atoms with E-state index in [9.17, 15) is 4.79 Å². The number of rotatable bonds is 8. The molecule has 0 saturated carbocycles. The number of ether oxygens (including phenoxy) is 1. The molecule has 0 radical (unpaired) electrons. The van der Waals surface area contributed by atoms with E-state index in [1.165, 1.54) is 4.68 Å². The topological polar surface area (TPSA) is 68.2 Å². The van der Waals surface area contributed by atoms with E-state index < -0.39 is 0 Å². The van der Waals surface area contributed by atoms with Gasteiger partial charge in [-0.1, -0.05) is 0 Å². The summed E-state index contributed by atoms with van der Waals surface area (Å²) in [4.78, 5) is 11.9. The normalized spacial score (nSPS) is 11.6. The molecule has 0 saturated heterocycles. The molecule has 108 valence electrons. The van der Waals surface area contributed by atoms with Crippen molar-refractivity contribution >= 4 is 5.69 Å². The van der Waals surface area contributed by atoms with Crippen LogP contribution in [-0.2, 0) is 11.3 Å². The lowest BCUT2D eigenvalue weighted by Crippen LogP contribution is -2.29. The number of aryl methyl sites for hydroxylation is 1. The lowest BCUT2D eigenvalue weighted by atomic mass is 10.1. The molecule has 6 heteroatoms. The first-order chi connectivity index (χ1) is 8.98. The van der Waals surface area contributed by atoms with E-state index in [0.717, 1.165) is 25.2 Å². The van der Waals surface area contributed by atoms with Crippen LogP contribution in [0.2, 0.25) is 0 Å². The number of methoxy groups -OCH3 is 1. The molecular formula is C13H24N4O2. The van der Waals surface area contributed by atoms with Crippen LogP contribution in [0, 0.1) is 0 Å². The number of nitrogens with one attached hydrogen (secondary N) is 2. The second kappa shape index (κ2) is 7.25. The van der Waals surface area contributed by atoms with Crippen molar-refractivity contribution in [2.24, 2.45) is 0 Å². The highest BCUT2D eigenvalue weighted by molar-refractivity contribution is 5.38. The molecule has 0 aliphatic heterocycles. The number of hydrogen-bond donors (Lipinski definition) is 2. The Morgan fingerprint density at radius 2 is 2.16 bits per heavy atom. The Labute approximate surface area is 114 Å². The molecular weight excluding hydrogens is 244 g/mol. The zero-order valence-electron chi connectivity index (χ0n) is 12.2. The third-order valence-electron chi connectivity index (χ3n) is 3.05. The highest BCUT2D eigenvalue weighted by atomic mass is 16.5. The van der Waals surface area contributed by atoms with Crippen molar-refractivity contribution < 1.29 is 4.74 Å². The van der Waals surface area contributed by atoms with Crippen LogP contribution in [0.3, 0.4) is 0 Å². The van der Waals surface area contributed by atoms with Gasteiger partial charge in [-0.25, -0.2) is 4.68 Å². The van der Waals surface area contributed by atoms with Gasteiger partial charge in [-0.15, -0.1) is 0 Å². The minimum absolute atomic E-state index is 0.0960. The average Bonchev–Trinajstić information content (AvgIpc) is 2.38. The largest absolute Gasteiger partial charge is 0.382 e. The van der Waals surface area contributed by atoms with Gasteiger partial charge in [-0.2, -0.15) is 5.10 Å². The Kier molecular flexibility index (Phi) is 5.98. The van der Waals surface area contributed by atoms with Gasteiger partial charge in [0, 0.05) is 32.8 Å². The zero-order chi connectivity index (χ0) is 14.3. The molecule has 0 amide bonds. The van der Waals surface area contributed by atoms with Gasteiger partial charge in [0.2, 0.25) is 0 Å². The fraction of sp³-hybridized carbons (Fsp3) is 0.692. The van der Waals surface area contributed by atoms with Gasteiger partial charge in [0.05, 0.1) is 17.5 Å². The highest BCUT2D eigenvalue weighted by Crippen LogP contribution is 2.13. The summed E-state index contributed by atoms with van der Waals surface area (Å²) in [6, 6.07) is 1.57. The Morgan fingerprint density at radius 3 is 2.74 bits per heavy atom. The molecule has 1 aromatic rings. The third kappa shape index (κ3) is 5.40. The van der Waals surface area contributed by atoms with Gasteiger partial charge in [-0.3, -0.25) is 4.79 Å². The fourth-order valence-electron chi connectivity index (χ4n) is 1.51. The predicted molar refractivity (Wildman–Crippen MR) is 76.6 cm³/mol. The second-order valence-corrected chi connectivity index (χ2v) is 5.05. The summed E-state index contributed by atoms with van der Waals surface area (Å²) >= 11 is 0. The molecule has 2 N–H and O–H groups in total. The van der Waals surface area contributed by atoms with E-state index in [0.29, 0.717) is 6.54 Å². The summed E-state index contributed by atoms with van der Waals surface area (Å²) in [7, 11) is 3.56. The summed E-state index contributed by atoms with van der Waals surface area (Å²) in [6.07, 6.45) is 2.42. The maximum atomic E-state index is 11.9. The molecule has 0 unspecified atom stereocenters. The van der Waals surface area contributed by atoms with Gasteiger partial charge in [-0.05, 0) is 27.3 Å². The molecule has 0 bridgehead atoms. The maximum absolute atomic E-state index is 11.9. The van der Waals surface area contributed by atoms with Gasteiger partial charge in [0.15, 0.2) is 0 Å². The van der Waals surface area contributed by atoms with Gasteiger partial charge in [0.25, 0.3) is 5.56 Å². The molecule has 0 aromatic carbocycles. The Balaban J connectivity index is 2.60. The van der Waals surface area contributed by atoms with Crippen molar-refractivity contribution in [2.75, 3.05) is 32.6 Å². The lowest BCUT2D eigenvalue weighted by Gasteiger charge is -2.22. The van der Waals surface area contributed by atoms with Crippen molar-refractivity contribution in [3.63, 3.8) is 0 Å². The van der Waals surface area contributed by atoms with E-state index in [4.69, 9.17) is 4.74 Å². The molecule has 6 nitrogen and oxygen atoms in total. The van der Waals surface area contributed by atoms with Crippen LogP contribution in [-0.4, -0.2) is 42.6 Å². The molecule has 0 spiro atoms. The number of anilines is 1. The van der Waals surface area contributed by atoms with Crippen LogP contribution in [0.4, 0.5) is 5.69 Å². The smallest absolute Gasteiger partial charge is 0.268 e. The summed E-state index contributed by atoms with van der Waals surface area (Å²) in [5.74, 6) is 0. The molecule has 0 aliphatic carbocycles. The minimum atomic E-state index is -0.245. The number of likely N-dealkylation sites (N-methyl/N-ethyl adjacent to an activating group) is 1. The van der Waals surface area contributed by atoms with E-state index in [1.807, 2.05) is 20.9 Å². The first-order valence-electron chi connectivity index (χ1n) is 6.49. The third-order valence-corrected chi connectivity index (χ3v) is 3.05. The number of nitrogens with zero attached hydrogens (tertiary/aromatic N) is 2. The van der Waals surface area contributed by atoms with E-state index in [1.54, 1.807) is 19.4 Å². The summed E-state index contributed by atoms with van der Waals surface area (Å²) in [6.45, 7) is 6.14. The monoisotopic (exact) mass is 268 g/mol. The number of hydrogen-bond acceptors (Lipinski definition) is 5. The molecule has 0 aliphatic rings. The van der Waals surface area contributed by atoms with Crippen molar-refractivity contribution in [2.45, 2.75) is 32.4 Å². The van der Waals surface area contributed by atoms with Gasteiger partial charge < -0.3 is 15.4 Å². The molecule has 0 atom stereocenters. The zero-order valence-corrected chi connectivity index (χ0v) is 12.2. The quantitative estimate of drug-likeness (QED) is 0.679. The second-order valence-electron chi connectivity index (χ2n) is 5.05. The standard InChI is InChI=1S/C13H24N4O2/c1-13(2,19-4)5-8-17-12(18)9-11(10-16-17)15-7-6-14-3/h9-10,14-15H,5-8H2,1-4H3. The minimum Gasteiger partial charge on any atom is -0.382 e. The first kappa shape index (κ1) is 15.7. The van der Waals surface area contributed by atoms with Gasteiger partial charge in [0.1, 0.15) is 0 Å². The average molecular weight is 268 g/mol. The van der Waals surface area contributed by atoms with Crippen molar-refractivity contribution in [1.82, 2.24) is 15.1 Å². The van der Waals surface area contributed by atoms with Crippen LogP contribution >= 0.6 is 0 Å². The van der Waals surface area contributed by atoms with Crippen LogP contribution in [0.15, 0.2) is 17.1 Å². The summed E-state index contributed by atoms with van der Waals surface area (Å²) < 4.78 is 6.79. The van der Waals surface area contributed by atoms with Crippen molar-refractivity contribution in [3.05, 3.63) is 22.6 Å². The molecule has 1 aromatic heterocycles. The van der Waals surface area contributed by atoms with Crippen molar-refractivity contribution in [1.29, 1.82) is 0 Å². The molecule has 1 rings (SSSR count). The lowest BCUT2D eigenvalue weighted by molar-refractivity contribution is 0.0110. The van der Waals surface area contributed by atoms with Crippen LogP contribution < -0.4 is 16.2 Å². The fourth-order valence-corrected chi connectivity index (χ4v) is 1.51. The van der Waals surface area contributed by atoms with Crippen LogP contribution in [0.25, 0.3) is 0 Å². The summed E-state index contributed by atoms with van der Waals surface area (Å²) in [5.41, 5.74) is 0.411. The van der Waals surface area contributed by atoms with E-state index >= 15 is 0 Å². The molecule has 0 fully saturated rings. The highest BCUT2D eigenvalue weighted by Gasteiger charge is 2.16. The summed E-state index contributed by atoms with van der Waals surface area (Å²) in [5, 5.41) is 10.3. The number of aromatic nitrogens is 2. The molecule has 1 heterocycles. The predicted octanol–water partition coefficient (Wildman–Crippen LogP) is 0.690. The van der Waals surface area contributed by atoms with Crippen LogP contribution in [0.1, 0.15) is 20.3 Å².